The van der Waals surface area contributed by atoms with Crippen LogP contribution in [-0.2, 0) is 16.1 Å². The number of hydrogen-bond donors (Lipinski definition) is 0. The van der Waals surface area contributed by atoms with E-state index in [2.05, 4.69) is 20.9 Å². The van der Waals surface area contributed by atoms with Crippen molar-refractivity contribution in [3.05, 3.63) is 50.8 Å². The van der Waals surface area contributed by atoms with E-state index in [1.807, 2.05) is 29.6 Å². The summed E-state index contributed by atoms with van der Waals surface area (Å²) < 4.78 is 8.08. The van der Waals surface area contributed by atoms with E-state index in [4.69, 9.17) is 4.74 Å². The first-order chi connectivity index (χ1) is 11.7. The molecule has 7 heteroatoms. The zero-order valence-electron chi connectivity index (χ0n) is 14.1. The smallest absolute Gasteiger partial charge is 0.326 e. The lowest BCUT2D eigenvalue weighted by Gasteiger charge is -2.19. The number of rotatable bonds is 3. The van der Waals surface area contributed by atoms with Crippen LogP contribution in [0.5, 0.6) is 0 Å². The minimum Gasteiger partial charge on any atom is -0.459 e. The van der Waals surface area contributed by atoms with Gasteiger partial charge in [-0.05, 0) is 38.5 Å². The maximum absolute atomic E-state index is 12.6. The summed E-state index contributed by atoms with van der Waals surface area (Å²) in [5, 5.41) is 1.92. The summed E-state index contributed by atoms with van der Waals surface area (Å²) in [6.45, 7) is 5.22. The van der Waals surface area contributed by atoms with E-state index < -0.39 is 11.6 Å². The molecule has 3 rings (SSSR count). The van der Waals surface area contributed by atoms with Gasteiger partial charge in [-0.15, -0.1) is 11.3 Å². The topological polar surface area (TPSA) is 61.2 Å². The number of nitrogens with zero attached hydrogens (tertiary/aromatic N) is 2. The molecule has 0 amide bonds. The number of thiophene rings is 1. The number of ether oxygens (including phenoxy) is 1. The summed E-state index contributed by atoms with van der Waals surface area (Å²) >= 11 is 4.75. The summed E-state index contributed by atoms with van der Waals surface area (Å²) in [6.07, 6.45) is 1.41. The third-order valence-electron chi connectivity index (χ3n) is 3.42. The number of carbonyl (C=O) groups excluding carboxylic acids is 1. The third kappa shape index (κ3) is 3.99. The molecule has 0 unspecified atom stereocenters. The molecule has 3 aromatic rings. The molecular formula is C18H17BrN2O3S. The largest absolute Gasteiger partial charge is 0.459 e. The number of benzene rings is 1. The molecule has 0 saturated carbocycles. The molecule has 0 spiro atoms. The second kappa shape index (κ2) is 6.72. The molecule has 0 aliphatic rings. The van der Waals surface area contributed by atoms with E-state index in [1.54, 1.807) is 20.8 Å². The Bertz CT molecular complexity index is 984. The van der Waals surface area contributed by atoms with Crippen LogP contribution in [0.25, 0.3) is 21.3 Å². The predicted molar refractivity (Wildman–Crippen MR) is 103 cm³/mol. The molecule has 5 nitrogen and oxygen atoms in total. The van der Waals surface area contributed by atoms with Gasteiger partial charge in [0.25, 0.3) is 5.56 Å². The monoisotopic (exact) mass is 420 g/mol. The number of esters is 1. The molecular weight excluding hydrogens is 404 g/mol. The minimum atomic E-state index is -0.587. The molecule has 1 aromatic carbocycles. The van der Waals surface area contributed by atoms with Crippen LogP contribution >= 0.6 is 27.3 Å². The van der Waals surface area contributed by atoms with Crippen LogP contribution in [0.2, 0.25) is 0 Å². The zero-order valence-corrected chi connectivity index (χ0v) is 16.5. The molecule has 0 atom stereocenters. The first-order valence-electron chi connectivity index (χ1n) is 7.69. The van der Waals surface area contributed by atoms with Gasteiger partial charge in [-0.2, -0.15) is 0 Å². The van der Waals surface area contributed by atoms with Crippen LogP contribution in [0.15, 0.2) is 45.2 Å². The van der Waals surface area contributed by atoms with Crippen LogP contribution < -0.4 is 5.56 Å². The number of hydrogen-bond acceptors (Lipinski definition) is 5. The Morgan fingerprint density at radius 3 is 2.60 bits per heavy atom. The van der Waals surface area contributed by atoms with Gasteiger partial charge in [-0.3, -0.25) is 14.2 Å². The van der Waals surface area contributed by atoms with Gasteiger partial charge < -0.3 is 4.74 Å². The Morgan fingerprint density at radius 2 is 1.96 bits per heavy atom. The van der Waals surface area contributed by atoms with Crippen molar-refractivity contribution in [3.63, 3.8) is 0 Å². The number of halogens is 1. The summed E-state index contributed by atoms with van der Waals surface area (Å²) in [7, 11) is 0. The fraction of sp³-hybridized carbons (Fsp3) is 0.278. The van der Waals surface area contributed by atoms with Gasteiger partial charge in [-0.25, -0.2) is 4.98 Å². The molecule has 0 saturated heterocycles. The van der Waals surface area contributed by atoms with Crippen molar-refractivity contribution < 1.29 is 9.53 Å². The van der Waals surface area contributed by atoms with Crippen LogP contribution in [0, 0.1) is 0 Å². The van der Waals surface area contributed by atoms with Gasteiger partial charge in [0, 0.05) is 15.4 Å². The highest BCUT2D eigenvalue weighted by molar-refractivity contribution is 9.10. The predicted octanol–water partition coefficient (Wildman–Crippen LogP) is 4.23. The summed E-state index contributed by atoms with van der Waals surface area (Å²) in [4.78, 5) is 29.0. The highest BCUT2D eigenvalue weighted by Crippen LogP contribution is 2.31. The Morgan fingerprint density at radius 1 is 1.28 bits per heavy atom. The molecule has 0 aliphatic heterocycles. The molecule has 0 radical (unpaired) electrons. The molecule has 0 bridgehead atoms. The Hall–Kier alpha value is -1.99. The van der Waals surface area contributed by atoms with Gasteiger partial charge in [-0.1, -0.05) is 28.1 Å². The van der Waals surface area contributed by atoms with Crippen molar-refractivity contribution in [2.24, 2.45) is 0 Å². The quantitative estimate of drug-likeness (QED) is 0.594. The van der Waals surface area contributed by atoms with Gasteiger partial charge in [0.1, 0.15) is 16.8 Å². The van der Waals surface area contributed by atoms with Gasteiger partial charge in [0.2, 0.25) is 0 Å². The van der Waals surface area contributed by atoms with Gasteiger partial charge in [0.05, 0.1) is 11.8 Å². The standard InChI is InChI=1S/C18H17BrN2O3S/c1-18(2,3)24-14(22)8-21-10-20-15-13(9-25-16(15)17(21)23)11-4-6-12(19)7-5-11/h4-7,9-10H,8H2,1-3H3. The van der Waals surface area contributed by atoms with E-state index >= 15 is 0 Å². The van der Waals surface area contributed by atoms with Crippen molar-refractivity contribution in [1.29, 1.82) is 0 Å². The maximum Gasteiger partial charge on any atom is 0.326 e. The number of aromatic nitrogens is 2. The molecule has 0 fully saturated rings. The Balaban J connectivity index is 1.95. The minimum absolute atomic E-state index is 0.148. The van der Waals surface area contributed by atoms with Gasteiger partial charge >= 0.3 is 5.97 Å². The zero-order chi connectivity index (χ0) is 18.2. The molecule has 130 valence electrons. The molecule has 25 heavy (non-hydrogen) atoms. The van der Waals surface area contributed by atoms with Crippen LogP contribution in [0.4, 0.5) is 0 Å². The average molecular weight is 421 g/mol. The Kier molecular flexibility index (Phi) is 4.79. The summed E-state index contributed by atoms with van der Waals surface area (Å²) in [5.74, 6) is -0.458. The van der Waals surface area contributed by atoms with E-state index in [1.165, 1.54) is 22.2 Å². The normalized spacial score (nSPS) is 11.7. The molecule has 2 heterocycles. The Labute approximate surface area is 157 Å². The lowest BCUT2D eigenvalue weighted by atomic mass is 10.1. The molecule has 2 aromatic heterocycles. The van der Waals surface area contributed by atoms with Crippen molar-refractivity contribution in [2.45, 2.75) is 32.9 Å². The highest BCUT2D eigenvalue weighted by atomic mass is 79.9. The maximum atomic E-state index is 12.6. The lowest BCUT2D eigenvalue weighted by Crippen LogP contribution is -2.30. The first-order valence-corrected chi connectivity index (χ1v) is 9.36. The van der Waals surface area contributed by atoms with E-state index in [0.29, 0.717) is 10.2 Å². The molecule has 0 N–H and O–H groups in total. The van der Waals surface area contributed by atoms with Crippen LogP contribution in [0.1, 0.15) is 20.8 Å². The third-order valence-corrected chi connectivity index (χ3v) is 4.91. The fourth-order valence-corrected chi connectivity index (χ4v) is 3.64. The summed E-state index contributed by atoms with van der Waals surface area (Å²) in [5.41, 5.74) is 1.73. The second-order valence-corrected chi connectivity index (χ2v) is 8.39. The highest BCUT2D eigenvalue weighted by Gasteiger charge is 2.18. The average Bonchev–Trinajstić information content (AvgIpc) is 2.94. The lowest BCUT2D eigenvalue weighted by molar-refractivity contribution is -0.155. The van der Waals surface area contributed by atoms with Crippen LogP contribution in [0.3, 0.4) is 0 Å². The first kappa shape index (κ1) is 17.8. The van der Waals surface area contributed by atoms with E-state index in [0.717, 1.165) is 15.6 Å². The van der Waals surface area contributed by atoms with Crippen molar-refractivity contribution >= 4 is 43.5 Å². The fourth-order valence-electron chi connectivity index (χ4n) is 2.40. The van der Waals surface area contributed by atoms with E-state index in [9.17, 15) is 9.59 Å². The molecule has 0 aliphatic carbocycles. The summed E-state index contributed by atoms with van der Waals surface area (Å²) in [6, 6.07) is 7.84. The van der Waals surface area contributed by atoms with Gasteiger partial charge in [0.15, 0.2) is 0 Å². The second-order valence-electron chi connectivity index (χ2n) is 6.60. The number of carbonyl (C=O) groups is 1. The van der Waals surface area contributed by atoms with Crippen molar-refractivity contribution in [3.8, 4) is 11.1 Å². The van der Waals surface area contributed by atoms with Crippen molar-refractivity contribution in [1.82, 2.24) is 9.55 Å². The van der Waals surface area contributed by atoms with E-state index in [-0.39, 0.29) is 12.1 Å². The SMILES string of the molecule is CC(C)(C)OC(=O)Cn1cnc2c(-c3ccc(Br)cc3)csc2c1=O. The van der Waals surface area contributed by atoms with Crippen molar-refractivity contribution in [2.75, 3.05) is 0 Å². The number of fused-ring (bicyclic) bond motifs is 1. The van der Waals surface area contributed by atoms with Crippen LogP contribution in [-0.4, -0.2) is 21.1 Å².